The summed E-state index contributed by atoms with van der Waals surface area (Å²) in [6.45, 7) is 11.0. The van der Waals surface area contributed by atoms with Gasteiger partial charge in [-0.05, 0) is 25.0 Å². The molecule has 2 fully saturated rings. The second-order valence-electron chi connectivity index (χ2n) is 8.08. The van der Waals surface area contributed by atoms with Crippen molar-refractivity contribution in [2.24, 2.45) is 4.99 Å². The van der Waals surface area contributed by atoms with Crippen LogP contribution in [0.2, 0.25) is 0 Å². The Morgan fingerprint density at radius 2 is 2.03 bits per heavy atom. The fourth-order valence-corrected chi connectivity index (χ4v) is 4.35. The summed E-state index contributed by atoms with van der Waals surface area (Å²) in [7, 11) is 0. The zero-order valence-electron chi connectivity index (χ0n) is 17.5. The lowest BCUT2D eigenvalue weighted by molar-refractivity contribution is 0.0377. The third kappa shape index (κ3) is 6.07. The number of nitrogens with one attached hydrogen (secondary N) is 1. The van der Waals surface area contributed by atoms with E-state index in [2.05, 4.69) is 32.2 Å². The lowest BCUT2D eigenvalue weighted by atomic mass is 10.2. The van der Waals surface area contributed by atoms with Gasteiger partial charge in [0.15, 0.2) is 5.96 Å². The van der Waals surface area contributed by atoms with Crippen molar-refractivity contribution in [1.29, 1.82) is 0 Å². The van der Waals surface area contributed by atoms with Gasteiger partial charge in [-0.15, -0.1) is 0 Å². The van der Waals surface area contributed by atoms with Crippen LogP contribution in [-0.2, 0) is 11.2 Å². The van der Waals surface area contributed by atoms with Gasteiger partial charge in [0.1, 0.15) is 5.76 Å². The monoisotopic (exact) mass is 401 g/mol. The Bertz CT molecular complexity index is 646. The van der Waals surface area contributed by atoms with Crippen molar-refractivity contribution >= 4 is 5.96 Å². The highest BCUT2D eigenvalue weighted by atomic mass is 16.5. The molecule has 0 amide bonds. The molecule has 1 N–H and O–H groups in total. The molecule has 4 rings (SSSR count). The van der Waals surface area contributed by atoms with Crippen LogP contribution in [0.3, 0.4) is 0 Å². The molecule has 1 aromatic rings. The normalized spacial score (nSPS) is 23.9. The quantitative estimate of drug-likeness (QED) is 0.308. The van der Waals surface area contributed by atoms with Crippen molar-refractivity contribution < 1.29 is 9.15 Å². The van der Waals surface area contributed by atoms with Crippen LogP contribution in [0.25, 0.3) is 0 Å². The molecule has 0 saturated carbocycles. The molecule has 0 aromatic carbocycles. The maximum atomic E-state index is 5.47. The van der Waals surface area contributed by atoms with E-state index in [4.69, 9.17) is 14.1 Å². The second-order valence-corrected chi connectivity index (χ2v) is 8.08. The number of nitrogens with zero attached hydrogens (tertiary/aromatic N) is 4. The molecule has 7 nitrogen and oxygen atoms in total. The average molecular weight is 402 g/mol. The van der Waals surface area contributed by atoms with E-state index in [1.807, 2.05) is 12.1 Å². The number of ether oxygens (including phenoxy) is 1. The van der Waals surface area contributed by atoms with Gasteiger partial charge in [0, 0.05) is 71.4 Å². The van der Waals surface area contributed by atoms with Gasteiger partial charge in [0.2, 0.25) is 0 Å². The van der Waals surface area contributed by atoms with Crippen LogP contribution in [0, 0.1) is 0 Å². The zero-order valence-corrected chi connectivity index (χ0v) is 17.5. The molecule has 0 bridgehead atoms. The van der Waals surface area contributed by atoms with Crippen molar-refractivity contribution in [2.45, 2.75) is 25.3 Å². The first kappa shape index (κ1) is 20.4. The number of guanidine groups is 1. The van der Waals surface area contributed by atoms with Crippen LogP contribution < -0.4 is 5.32 Å². The molecule has 1 aromatic heterocycles. The maximum absolute atomic E-state index is 5.47. The third-order valence-electron chi connectivity index (χ3n) is 6.06. The highest BCUT2D eigenvalue weighted by molar-refractivity contribution is 5.80. The Labute approximate surface area is 174 Å². The van der Waals surface area contributed by atoms with E-state index in [1.54, 1.807) is 6.26 Å². The minimum Gasteiger partial charge on any atom is -0.469 e. The fraction of sp³-hybridized carbons (Fsp3) is 0.682. The van der Waals surface area contributed by atoms with Crippen LogP contribution >= 0.6 is 0 Å². The molecule has 0 spiro atoms. The van der Waals surface area contributed by atoms with E-state index in [0.717, 1.165) is 96.7 Å². The molecule has 2 saturated heterocycles. The van der Waals surface area contributed by atoms with Crippen molar-refractivity contribution in [3.8, 4) is 0 Å². The van der Waals surface area contributed by atoms with Crippen molar-refractivity contribution in [3.63, 3.8) is 0 Å². The second kappa shape index (κ2) is 10.8. The molecule has 29 heavy (non-hydrogen) atoms. The Balaban J connectivity index is 1.27. The molecule has 4 heterocycles. The summed E-state index contributed by atoms with van der Waals surface area (Å²) in [6.07, 6.45) is 9.50. The van der Waals surface area contributed by atoms with Gasteiger partial charge in [0.05, 0.1) is 19.5 Å². The van der Waals surface area contributed by atoms with E-state index in [1.165, 1.54) is 6.42 Å². The zero-order chi connectivity index (χ0) is 19.7. The molecule has 0 aliphatic carbocycles. The summed E-state index contributed by atoms with van der Waals surface area (Å²) in [5.74, 6) is 2.08. The van der Waals surface area contributed by atoms with Gasteiger partial charge in [-0.3, -0.25) is 14.8 Å². The Kier molecular flexibility index (Phi) is 7.62. The Hall–Kier alpha value is -1.83. The lowest BCUT2D eigenvalue weighted by Crippen LogP contribution is -2.43. The Morgan fingerprint density at radius 1 is 1.17 bits per heavy atom. The van der Waals surface area contributed by atoms with Crippen molar-refractivity contribution in [2.75, 3.05) is 72.1 Å². The average Bonchev–Trinajstić information content (AvgIpc) is 3.52. The SMILES string of the molecule is C1=CCN(C2CCN(C(=NCCCN3CCOCC3)NCCc3ccco3)C2)C1. The number of likely N-dealkylation sites (tertiary alicyclic amines) is 1. The molecule has 0 radical (unpaired) electrons. The summed E-state index contributed by atoms with van der Waals surface area (Å²) in [4.78, 5) is 12.5. The first-order valence-electron chi connectivity index (χ1n) is 11.1. The highest BCUT2D eigenvalue weighted by Gasteiger charge is 2.29. The van der Waals surface area contributed by atoms with Crippen LogP contribution in [0.4, 0.5) is 0 Å². The lowest BCUT2D eigenvalue weighted by Gasteiger charge is -2.27. The van der Waals surface area contributed by atoms with Gasteiger partial charge in [-0.1, -0.05) is 12.2 Å². The molecule has 7 heteroatoms. The van der Waals surface area contributed by atoms with Gasteiger partial charge < -0.3 is 19.4 Å². The molecule has 160 valence electrons. The van der Waals surface area contributed by atoms with Gasteiger partial charge in [-0.25, -0.2) is 0 Å². The van der Waals surface area contributed by atoms with Crippen LogP contribution in [0.5, 0.6) is 0 Å². The van der Waals surface area contributed by atoms with Gasteiger partial charge in [-0.2, -0.15) is 0 Å². The smallest absolute Gasteiger partial charge is 0.193 e. The fourth-order valence-electron chi connectivity index (χ4n) is 4.35. The van der Waals surface area contributed by atoms with Crippen molar-refractivity contribution in [3.05, 3.63) is 36.3 Å². The van der Waals surface area contributed by atoms with E-state index >= 15 is 0 Å². The maximum Gasteiger partial charge on any atom is 0.193 e. The molecule has 1 unspecified atom stereocenters. The first-order chi connectivity index (χ1) is 14.4. The minimum atomic E-state index is 0.635. The number of morpholine rings is 1. The summed E-state index contributed by atoms with van der Waals surface area (Å²) in [5.41, 5.74) is 0. The molecule has 1 atom stereocenters. The minimum absolute atomic E-state index is 0.635. The first-order valence-corrected chi connectivity index (χ1v) is 11.1. The third-order valence-corrected chi connectivity index (χ3v) is 6.06. The number of hydrogen-bond donors (Lipinski definition) is 1. The summed E-state index contributed by atoms with van der Waals surface area (Å²) in [6, 6.07) is 4.62. The Morgan fingerprint density at radius 3 is 2.83 bits per heavy atom. The van der Waals surface area contributed by atoms with Gasteiger partial charge in [0.25, 0.3) is 0 Å². The number of hydrogen-bond acceptors (Lipinski definition) is 5. The summed E-state index contributed by atoms with van der Waals surface area (Å²) < 4.78 is 10.9. The van der Waals surface area contributed by atoms with E-state index in [9.17, 15) is 0 Å². The summed E-state index contributed by atoms with van der Waals surface area (Å²) in [5, 5.41) is 3.60. The predicted molar refractivity (Wildman–Crippen MR) is 115 cm³/mol. The number of aliphatic imine (C=N–C) groups is 1. The van der Waals surface area contributed by atoms with Crippen molar-refractivity contribution in [1.82, 2.24) is 20.0 Å². The van der Waals surface area contributed by atoms with Crippen LogP contribution in [-0.4, -0.2) is 98.8 Å². The molecular weight excluding hydrogens is 366 g/mol. The standard InChI is InChI=1S/C22H35N5O2/c1-2-12-26(11-1)20-7-13-27(19-20)22(24-9-6-21-5-3-16-29-21)23-8-4-10-25-14-17-28-18-15-25/h1-3,5,16,20H,4,6-15,17-19H2,(H,23,24). The molecule has 3 aliphatic rings. The predicted octanol–water partition coefficient (Wildman–Crippen LogP) is 1.44. The van der Waals surface area contributed by atoms with E-state index in [-0.39, 0.29) is 0 Å². The van der Waals surface area contributed by atoms with Gasteiger partial charge >= 0.3 is 0 Å². The van der Waals surface area contributed by atoms with E-state index in [0.29, 0.717) is 6.04 Å². The van der Waals surface area contributed by atoms with Crippen LogP contribution in [0.15, 0.2) is 40.0 Å². The summed E-state index contributed by atoms with van der Waals surface area (Å²) >= 11 is 0. The van der Waals surface area contributed by atoms with Crippen LogP contribution in [0.1, 0.15) is 18.6 Å². The molecule has 3 aliphatic heterocycles. The largest absolute Gasteiger partial charge is 0.469 e. The number of furan rings is 1. The number of rotatable bonds is 8. The molecular formula is C22H35N5O2. The van der Waals surface area contributed by atoms with E-state index < -0.39 is 0 Å². The topological polar surface area (TPSA) is 56.5 Å². The highest BCUT2D eigenvalue weighted by Crippen LogP contribution is 2.18.